The largest absolute Gasteiger partial charge is 0.460 e. The molecule has 8 heteroatoms. The zero-order valence-corrected chi connectivity index (χ0v) is 22.2. The van der Waals surface area contributed by atoms with Gasteiger partial charge < -0.3 is 29.4 Å². The minimum absolute atomic E-state index is 0.0659. The molecule has 37 heavy (non-hydrogen) atoms. The average Bonchev–Trinajstić information content (AvgIpc) is 3.46. The van der Waals surface area contributed by atoms with Crippen molar-refractivity contribution in [1.82, 2.24) is 4.98 Å². The summed E-state index contributed by atoms with van der Waals surface area (Å²) in [6.07, 6.45) is 6.38. The third kappa shape index (κ3) is 3.99. The maximum absolute atomic E-state index is 13.0. The van der Waals surface area contributed by atoms with Crippen molar-refractivity contribution in [3.63, 3.8) is 0 Å². The van der Waals surface area contributed by atoms with E-state index in [1.54, 1.807) is 18.3 Å². The summed E-state index contributed by atoms with van der Waals surface area (Å²) in [4.78, 5) is 28.6. The fraction of sp³-hybridized carbons (Fsp3) is 0.655. The van der Waals surface area contributed by atoms with E-state index in [2.05, 4.69) is 11.1 Å². The molecule has 5 rings (SSSR count). The lowest BCUT2D eigenvalue weighted by Crippen LogP contribution is -2.65. The fourth-order valence-corrected chi connectivity index (χ4v) is 7.70. The number of carbonyl (C=O) groups excluding carboxylic acids is 2. The molecular formula is C29H39NO7. The van der Waals surface area contributed by atoms with Gasteiger partial charge in [0.1, 0.15) is 17.9 Å². The second kappa shape index (κ2) is 9.71. The normalized spacial score (nSPS) is 46.4. The first kappa shape index (κ1) is 26.2. The Hall–Kier alpha value is -2.42. The van der Waals surface area contributed by atoms with Crippen LogP contribution >= 0.6 is 0 Å². The van der Waals surface area contributed by atoms with Crippen LogP contribution in [0, 0.1) is 41.4 Å². The van der Waals surface area contributed by atoms with Crippen molar-refractivity contribution >= 4 is 11.9 Å². The summed E-state index contributed by atoms with van der Waals surface area (Å²) in [6.45, 7) is 7.82. The average molecular weight is 514 g/mol. The Labute approximate surface area is 218 Å². The predicted octanol–water partition coefficient (Wildman–Crippen LogP) is 3.27. The number of hydrogen-bond acceptors (Lipinski definition) is 7. The first-order valence-electron chi connectivity index (χ1n) is 13.5. The molecule has 0 saturated heterocycles. The minimum atomic E-state index is -1.28. The highest BCUT2D eigenvalue weighted by Crippen LogP contribution is 2.66. The van der Waals surface area contributed by atoms with Crippen LogP contribution in [0.2, 0.25) is 0 Å². The molecule has 1 aliphatic heterocycles. The van der Waals surface area contributed by atoms with Gasteiger partial charge in [-0.2, -0.15) is 0 Å². The SMILES string of the molecule is CC[C@@H]1OC(=O)[C@@H](OC)C[C@H]2C=CC3[C@H]4C([C@H]3[C@]2(O)/C(C)=C/[C@H]1C)[C@H](O)[C@@H](C)[C@H]4OC(=O)c1ccc[nH]1. The van der Waals surface area contributed by atoms with Crippen LogP contribution in [0.5, 0.6) is 0 Å². The van der Waals surface area contributed by atoms with Gasteiger partial charge in [0.2, 0.25) is 0 Å². The number of methoxy groups -OCH3 is 1. The van der Waals surface area contributed by atoms with E-state index in [9.17, 15) is 19.8 Å². The molecule has 2 saturated carbocycles. The van der Waals surface area contributed by atoms with Gasteiger partial charge in [0.05, 0.1) is 11.7 Å². The molecule has 12 atom stereocenters. The molecule has 2 fully saturated rings. The number of allylic oxidation sites excluding steroid dienone is 1. The third-order valence-electron chi connectivity index (χ3n) is 9.67. The Morgan fingerprint density at radius 2 is 2.03 bits per heavy atom. The summed E-state index contributed by atoms with van der Waals surface area (Å²) < 4.78 is 17.3. The van der Waals surface area contributed by atoms with E-state index in [0.29, 0.717) is 12.1 Å². The van der Waals surface area contributed by atoms with Gasteiger partial charge in [-0.15, -0.1) is 0 Å². The molecule has 202 valence electrons. The molecule has 0 bridgehead atoms. The number of fused-ring (bicyclic) bond motifs is 6. The Bertz CT molecular complexity index is 1080. The van der Waals surface area contributed by atoms with E-state index in [0.717, 1.165) is 5.57 Å². The van der Waals surface area contributed by atoms with E-state index in [1.165, 1.54) is 7.11 Å². The highest BCUT2D eigenvalue weighted by Gasteiger charge is 2.71. The molecule has 1 aromatic heterocycles. The molecule has 0 spiro atoms. The Morgan fingerprint density at radius 3 is 2.68 bits per heavy atom. The van der Waals surface area contributed by atoms with E-state index in [4.69, 9.17) is 14.2 Å². The van der Waals surface area contributed by atoms with Crippen LogP contribution in [0.4, 0.5) is 0 Å². The highest BCUT2D eigenvalue weighted by atomic mass is 16.6. The Morgan fingerprint density at radius 1 is 1.27 bits per heavy atom. The number of esters is 2. The lowest BCUT2D eigenvalue weighted by molar-refractivity contribution is -0.184. The fourth-order valence-electron chi connectivity index (χ4n) is 7.70. The molecule has 3 N–H and O–H groups in total. The van der Waals surface area contributed by atoms with Crippen molar-refractivity contribution in [3.05, 3.63) is 47.8 Å². The predicted molar refractivity (Wildman–Crippen MR) is 135 cm³/mol. The molecule has 2 heterocycles. The Kier molecular flexibility index (Phi) is 6.88. The van der Waals surface area contributed by atoms with Crippen molar-refractivity contribution in [2.45, 2.75) is 70.6 Å². The van der Waals surface area contributed by atoms with E-state index in [1.807, 2.05) is 39.8 Å². The number of cyclic esters (lactones) is 1. The summed E-state index contributed by atoms with van der Waals surface area (Å²) in [5, 5.41) is 23.9. The van der Waals surface area contributed by atoms with Crippen molar-refractivity contribution in [1.29, 1.82) is 0 Å². The van der Waals surface area contributed by atoms with Crippen LogP contribution in [0.3, 0.4) is 0 Å². The lowest BCUT2D eigenvalue weighted by Gasteiger charge is -2.61. The Balaban J connectivity index is 1.51. The van der Waals surface area contributed by atoms with Gasteiger partial charge in [-0.3, -0.25) is 0 Å². The van der Waals surface area contributed by atoms with E-state index in [-0.39, 0.29) is 48.0 Å². The van der Waals surface area contributed by atoms with Gasteiger partial charge in [0.15, 0.2) is 6.10 Å². The molecule has 1 aromatic rings. The van der Waals surface area contributed by atoms with E-state index >= 15 is 0 Å². The quantitative estimate of drug-likeness (QED) is 0.418. The van der Waals surface area contributed by atoms with Crippen molar-refractivity contribution < 1.29 is 34.0 Å². The van der Waals surface area contributed by atoms with Gasteiger partial charge >= 0.3 is 11.9 Å². The minimum Gasteiger partial charge on any atom is -0.460 e. The second-order valence-electron chi connectivity index (χ2n) is 11.4. The first-order valence-corrected chi connectivity index (χ1v) is 13.5. The number of aliphatic hydroxyl groups is 2. The molecule has 0 amide bonds. The zero-order chi connectivity index (χ0) is 26.6. The molecule has 8 nitrogen and oxygen atoms in total. The summed E-state index contributed by atoms with van der Waals surface area (Å²) in [7, 11) is 1.49. The molecule has 0 radical (unpaired) electrons. The van der Waals surface area contributed by atoms with E-state index < -0.39 is 41.8 Å². The number of aliphatic hydroxyl groups excluding tert-OH is 1. The maximum atomic E-state index is 13.0. The molecule has 3 aliphatic carbocycles. The highest BCUT2D eigenvalue weighted by molar-refractivity contribution is 5.87. The van der Waals surface area contributed by atoms with Crippen LogP contribution < -0.4 is 0 Å². The molecular weight excluding hydrogens is 474 g/mol. The summed E-state index contributed by atoms with van der Waals surface area (Å²) in [6, 6.07) is 3.41. The lowest BCUT2D eigenvalue weighted by atomic mass is 9.46. The first-order chi connectivity index (χ1) is 17.6. The van der Waals surface area contributed by atoms with Gasteiger partial charge in [0.25, 0.3) is 0 Å². The number of aromatic amines is 1. The third-order valence-corrected chi connectivity index (χ3v) is 9.67. The summed E-state index contributed by atoms with van der Waals surface area (Å²) in [5.41, 5.74) is -0.0803. The molecule has 4 aliphatic rings. The van der Waals surface area contributed by atoms with Crippen LogP contribution in [-0.2, 0) is 19.0 Å². The zero-order valence-electron chi connectivity index (χ0n) is 22.2. The number of hydrogen-bond donors (Lipinski definition) is 3. The van der Waals surface area contributed by atoms with Crippen molar-refractivity contribution in [2.24, 2.45) is 41.4 Å². The van der Waals surface area contributed by atoms with Crippen LogP contribution in [-0.4, -0.2) is 64.3 Å². The number of ether oxygens (including phenoxy) is 3. The number of H-pyrrole nitrogens is 1. The number of nitrogens with one attached hydrogen (secondary N) is 1. The second-order valence-corrected chi connectivity index (χ2v) is 11.4. The van der Waals surface area contributed by atoms with Gasteiger partial charge in [-0.25, -0.2) is 9.59 Å². The van der Waals surface area contributed by atoms with Crippen LogP contribution in [0.1, 0.15) is 51.0 Å². The standard InChI is InChI=1S/C29H39NO7/c1-6-20-14(2)12-15(3)29(34)17(13-21(35-5)28(33)36-20)9-10-18-22-23(24(18)29)25(31)16(4)26(22)37-27(32)19-8-7-11-30-19/h7-12,14,16-18,20-26,30-31,34H,6,13H2,1-5H3/b15-12+/t14-,16-,17-,18?,20+,21+,22+,23?,24+,25-,26-,29+/m1/s1. The summed E-state index contributed by atoms with van der Waals surface area (Å²) >= 11 is 0. The topological polar surface area (TPSA) is 118 Å². The van der Waals surface area contributed by atoms with Crippen LogP contribution in [0.25, 0.3) is 0 Å². The van der Waals surface area contributed by atoms with Crippen molar-refractivity contribution in [2.75, 3.05) is 7.11 Å². The monoisotopic (exact) mass is 513 g/mol. The molecule has 2 unspecified atom stereocenters. The summed E-state index contributed by atoms with van der Waals surface area (Å²) in [5.74, 6) is -2.29. The van der Waals surface area contributed by atoms with Gasteiger partial charge in [0, 0.05) is 42.9 Å². The maximum Gasteiger partial charge on any atom is 0.355 e. The smallest absolute Gasteiger partial charge is 0.355 e. The van der Waals surface area contributed by atoms with Gasteiger partial charge in [-0.05, 0) is 49.3 Å². The van der Waals surface area contributed by atoms with Crippen LogP contribution in [0.15, 0.2) is 42.1 Å². The number of carbonyl (C=O) groups is 2. The molecule has 0 aromatic carbocycles. The van der Waals surface area contributed by atoms with Gasteiger partial charge in [-0.1, -0.05) is 39.0 Å². The number of rotatable bonds is 4. The van der Waals surface area contributed by atoms with Crippen molar-refractivity contribution in [3.8, 4) is 0 Å². The number of aromatic nitrogens is 1.